The Bertz CT molecular complexity index is 356. The van der Waals surface area contributed by atoms with Gasteiger partial charge in [0.15, 0.2) is 0 Å². The summed E-state index contributed by atoms with van der Waals surface area (Å²) in [5.74, 6) is 0.284. The maximum atomic E-state index is 11.4. The molecule has 1 N–H and O–H groups in total. The number of amides is 1. The van der Waals surface area contributed by atoms with Crippen LogP contribution in [-0.4, -0.2) is 11.8 Å². The highest BCUT2D eigenvalue weighted by molar-refractivity contribution is 9.10. The molecule has 0 atom stereocenters. The van der Waals surface area contributed by atoms with Crippen molar-refractivity contribution < 1.29 is 4.79 Å². The van der Waals surface area contributed by atoms with E-state index in [2.05, 4.69) is 21.2 Å². The molecule has 4 heteroatoms. The predicted molar refractivity (Wildman–Crippen MR) is 67.6 cm³/mol. The van der Waals surface area contributed by atoms with Gasteiger partial charge in [0.1, 0.15) is 0 Å². The van der Waals surface area contributed by atoms with Gasteiger partial charge in [-0.1, -0.05) is 6.07 Å². The van der Waals surface area contributed by atoms with Gasteiger partial charge in [-0.05, 0) is 47.0 Å². The predicted octanol–water partition coefficient (Wildman–Crippen LogP) is 3.63. The zero-order chi connectivity index (χ0) is 11.4. The van der Waals surface area contributed by atoms with E-state index in [1.807, 2.05) is 26.0 Å². The fourth-order valence-electron chi connectivity index (χ4n) is 1.36. The summed E-state index contributed by atoms with van der Waals surface area (Å²) in [6.07, 6.45) is 0.335. The minimum absolute atomic E-state index is 0.0577. The number of hydrogen-bond acceptors (Lipinski definition) is 1. The largest absolute Gasteiger partial charge is 0.325 e. The van der Waals surface area contributed by atoms with Crippen molar-refractivity contribution in [2.24, 2.45) is 0 Å². The smallest absolute Gasteiger partial charge is 0.225 e. The molecule has 1 aromatic rings. The summed E-state index contributed by atoms with van der Waals surface area (Å²) in [6, 6.07) is 4.00. The summed E-state index contributed by atoms with van der Waals surface area (Å²) in [4.78, 5) is 11.4. The molecule has 0 heterocycles. The average Bonchev–Trinajstić information content (AvgIpc) is 2.11. The molecule has 0 bridgehead atoms. The van der Waals surface area contributed by atoms with Gasteiger partial charge in [0, 0.05) is 16.8 Å². The number of carbonyl (C=O) groups excluding carboxylic acids is 1. The Balaban J connectivity index is 2.90. The van der Waals surface area contributed by atoms with Crippen LogP contribution in [0.3, 0.4) is 0 Å². The SMILES string of the molecule is Cc1cc(C)c(NC(=O)CCCl)c(Br)c1. The molecule has 1 aromatic carbocycles. The second-order valence-corrected chi connectivity index (χ2v) is 4.66. The van der Waals surface area contributed by atoms with Crippen molar-refractivity contribution in [3.63, 3.8) is 0 Å². The molecule has 0 aliphatic heterocycles. The van der Waals surface area contributed by atoms with E-state index in [0.29, 0.717) is 12.3 Å². The van der Waals surface area contributed by atoms with Gasteiger partial charge in [0.25, 0.3) is 0 Å². The third kappa shape index (κ3) is 3.50. The van der Waals surface area contributed by atoms with E-state index in [0.717, 1.165) is 21.3 Å². The van der Waals surface area contributed by atoms with E-state index >= 15 is 0 Å². The summed E-state index contributed by atoms with van der Waals surface area (Å²) in [7, 11) is 0. The van der Waals surface area contributed by atoms with Gasteiger partial charge in [0.05, 0.1) is 5.69 Å². The van der Waals surface area contributed by atoms with Crippen molar-refractivity contribution in [1.29, 1.82) is 0 Å². The number of hydrogen-bond donors (Lipinski definition) is 1. The van der Waals surface area contributed by atoms with Gasteiger partial charge in [-0.2, -0.15) is 0 Å². The standard InChI is InChI=1S/C11H13BrClNO/c1-7-5-8(2)11(9(12)6-7)14-10(15)3-4-13/h5-6H,3-4H2,1-2H3,(H,14,15). The first-order valence-corrected chi connectivity index (χ1v) is 6.00. The Morgan fingerprint density at radius 2 is 2.13 bits per heavy atom. The van der Waals surface area contributed by atoms with Crippen LogP contribution in [-0.2, 0) is 4.79 Å². The quantitative estimate of drug-likeness (QED) is 0.846. The lowest BCUT2D eigenvalue weighted by molar-refractivity contribution is -0.115. The van der Waals surface area contributed by atoms with E-state index < -0.39 is 0 Å². The van der Waals surface area contributed by atoms with E-state index in [1.165, 1.54) is 0 Å². The highest BCUT2D eigenvalue weighted by Gasteiger charge is 2.08. The molecule has 0 radical (unpaired) electrons. The molecule has 0 saturated carbocycles. The first-order chi connectivity index (χ1) is 7.04. The maximum absolute atomic E-state index is 11.4. The van der Waals surface area contributed by atoms with Crippen LogP contribution in [0, 0.1) is 13.8 Å². The number of halogens is 2. The van der Waals surface area contributed by atoms with Gasteiger partial charge in [0.2, 0.25) is 5.91 Å². The lowest BCUT2D eigenvalue weighted by atomic mass is 10.1. The third-order valence-corrected chi connectivity index (χ3v) is 2.83. The van der Waals surface area contributed by atoms with Crippen LogP contribution in [0.5, 0.6) is 0 Å². The number of carbonyl (C=O) groups is 1. The fraction of sp³-hybridized carbons (Fsp3) is 0.364. The lowest BCUT2D eigenvalue weighted by Gasteiger charge is -2.11. The Hall–Kier alpha value is -0.540. The second kappa shape index (κ2) is 5.52. The molecule has 82 valence electrons. The van der Waals surface area contributed by atoms with Crippen LogP contribution in [0.15, 0.2) is 16.6 Å². The molecule has 0 fully saturated rings. The number of benzene rings is 1. The zero-order valence-corrected chi connectivity index (χ0v) is 11.1. The minimum Gasteiger partial charge on any atom is -0.325 e. The van der Waals surface area contributed by atoms with Crippen molar-refractivity contribution in [3.05, 3.63) is 27.7 Å². The van der Waals surface area contributed by atoms with Crippen LogP contribution in [0.1, 0.15) is 17.5 Å². The maximum Gasteiger partial charge on any atom is 0.225 e. The van der Waals surface area contributed by atoms with Crippen LogP contribution < -0.4 is 5.32 Å². The van der Waals surface area contributed by atoms with Crippen LogP contribution >= 0.6 is 27.5 Å². The van der Waals surface area contributed by atoms with Gasteiger partial charge in [-0.15, -0.1) is 11.6 Å². The number of nitrogens with one attached hydrogen (secondary N) is 1. The van der Waals surface area contributed by atoms with Crippen molar-refractivity contribution >= 4 is 39.1 Å². The van der Waals surface area contributed by atoms with Gasteiger partial charge in [-0.25, -0.2) is 0 Å². The third-order valence-electron chi connectivity index (χ3n) is 2.02. The molecule has 2 nitrogen and oxygen atoms in total. The van der Waals surface area contributed by atoms with Crippen LogP contribution in [0.4, 0.5) is 5.69 Å². The summed E-state index contributed by atoms with van der Waals surface area (Å²) < 4.78 is 0.905. The highest BCUT2D eigenvalue weighted by Crippen LogP contribution is 2.27. The summed E-state index contributed by atoms with van der Waals surface area (Å²) in [5.41, 5.74) is 3.04. The van der Waals surface area contributed by atoms with Crippen molar-refractivity contribution in [1.82, 2.24) is 0 Å². The number of rotatable bonds is 3. The topological polar surface area (TPSA) is 29.1 Å². The number of alkyl halides is 1. The minimum atomic E-state index is -0.0577. The Morgan fingerprint density at radius 3 is 2.67 bits per heavy atom. The molecule has 0 aromatic heterocycles. The van der Waals surface area contributed by atoms with Crippen molar-refractivity contribution in [2.45, 2.75) is 20.3 Å². The molecule has 0 aliphatic rings. The number of anilines is 1. The molecule has 15 heavy (non-hydrogen) atoms. The van der Waals surface area contributed by atoms with E-state index in [9.17, 15) is 4.79 Å². The lowest BCUT2D eigenvalue weighted by Crippen LogP contribution is -2.13. The first kappa shape index (κ1) is 12.5. The van der Waals surface area contributed by atoms with Crippen molar-refractivity contribution in [3.8, 4) is 0 Å². The summed E-state index contributed by atoms with van der Waals surface area (Å²) in [5, 5.41) is 2.84. The van der Waals surface area contributed by atoms with Gasteiger partial charge >= 0.3 is 0 Å². The second-order valence-electron chi connectivity index (χ2n) is 3.43. The molecule has 0 spiro atoms. The summed E-state index contributed by atoms with van der Waals surface area (Å²) in [6.45, 7) is 3.98. The number of aryl methyl sites for hydroxylation is 2. The Kier molecular flexibility index (Phi) is 4.61. The van der Waals surface area contributed by atoms with E-state index in [1.54, 1.807) is 0 Å². The Morgan fingerprint density at radius 1 is 1.47 bits per heavy atom. The molecule has 1 amide bonds. The van der Waals surface area contributed by atoms with E-state index in [-0.39, 0.29) is 5.91 Å². The molecular weight excluding hydrogens is 277 g/mol. The van der Waals surface area contributed by atoms with Crippen LogP contribution in [0.2, 0.25) is 0 Å². The molecular formula is C11H13BrClNO. The summed E-state index contributed by atoms with van der Waals surface area (Å²) >= 11 is 8.92. The van der Waals surface area contributed by atoms with Gasteiger partial charge < -0.3 is 5.32 Å². The van der Waals surface area contributed by atoms with Crippen LogP contribution in [0.25, 0.3) is 0 Å². The highest BCUT2D eigenvalue weighted by atomic mass is 79.9. The average molecular weight is 291 g/mol. The normalized spacial score (nSPS) is 10.1. The first-order valence-electron chi connectivity index (χ1n) is 4.67. The van der Waals surface area contributed by atoms with Crippen molar-refractivity contribution in [2.75, 3.05) is 11.2 Å². The zero-order valence-electron chi connectivity index (χ0n) is 8.73. The van der Waals surface area contributed by atoms with E-state index in [4.69, 9.17) is 11.6 Å². The fourth-order valence-corrected chi connectivity index (χ4v) is 2.31. The van der Waals surface area contributed by atoms with Gasteiger partial charge in [-0.3, -0.25) is 4.79 Å². The molecule has 0 saturated heterocycles. The molecule has 0 unspecified atom stereocenters. The molecule has 1 rings (SSSR count). The molecule has 0 aliphatic carbocycles. The monoisotopic (exact) mass is 289 g/mol. The Labute approximate surface area is 103 Å².